The molecule has 0 atom stereocenters. The highest BCUT2D eigenvalue weighted by atomic mass is 32.1. The molecular formula is C16H27NO2S. The lowest BCUT2D eigenvalue weighted by atomic mass is 10.1. The molecule has 0 saturated heterocycles. The Morgan fingerprint density at radius 1 is 1.35 bits per heavy atom. The van der Waals surface area contributed by atoms with Crippen molar-refractivity contribution in [3.8, 4) is 0 Å². The van der Waals surface area contributed by atoms with Gasteiger partial charge in [0.15, 0.2) is 0 Å². The number of hydrogen-bond donors (Lipinski definition) is 1. The Kier molecular flexibility index (Phi) is 6.21. The summed E-state index contributed by atoms with van der Waals surface area (Å²) in [4.78, 5) is 16.4. The number of likely N-dealkylation sites (N-methyl/N-ethyl adjacent to an activating group) is 1. The van der Waals surface area contributed by atoms with Crippen molar-refractivity contribution >= 4 is 17.2 Å². The minimum atomic E-state index is -0.858. The Morgan fingerprint density at radius 3 is 2.45 bits per heavy atom. The minimum Gasteiger partial charge on any atom is -0.389 e. The number of rotatable bonds is 7. The van der Waals surface area contributed by atoms with E-state index in [2.05, 4.69) is 13.8 Å². The van der Waals surface area contributed by atoms with Crippen molar-refractivity contribution in [3.63, 3.8) is 0 Å². The van der Waals surface area contributed by atoms with Crippen molar-refractivity contribution in [1.82, 2.24) is 4.90 Å². The van der Waals surface area contributed by atoms with Crippen LogP contribution in [0.25, 0.3) is 0 Å². The van der Waals surface area contributed by atoms with Crippen LogP contribution in [-0.4, -0.2) is 34.6 Å². The summed E-state index contributed by atoms with van der Waals surface area (Å²) in [5.41, 5.74) is 0.433. The summed E-state index contributed by atoms with van der Waals surface area (Å²) in [6.07, 6.45) is 3.11. The monoisotopic (exact) mass is 297 g/mol. The van der Waals surface area contributed by atoms with Gasteiger partial charge in [-0.1, -0.05) is 20.3 Å². The number of thiophene rings is 1. The molecule has 4 heteroatoms. The molecule has 20 heavy (non-hydrogen) atoms. The topological polar surface area (TPSA) is 40.5 Å². The van der Waals surface area contributed by atoms with Crippen molar-refractivity contribution in [1.29, 1.82) is 0 Å². The highest BCUT2D eigenvalue weighted by Gasteiger charge is 2.24. The largest absolute Gasteiger partial charge is 0.389 e. The zero-order valence-corrected chi connectivity index (χ0v) is 14.1. The van der Waals surface area contributed by atoms with Crippen LogP contribution >= 0.6 is 11.3 Å². The molecule has 1 aromatic heterocycles. The van der Waals surface area contributed by atoms with Crippen molar-refractivity contribution in [3.05, 3.63) is 21.4 Å². The molecule has 0 bridgehead atoms. The molecular weight excluding hydrogens is 270 g/mol. The fourth-order valence-corrected chi connectivity index (χ4v) is 3.58. The fraction of sp³-hybridized carbons (Fsp3) is 0.688. The number of hydrogen-bond acceptors (Lipinski definition) is 3. The van der Waals surface area contributed by atoms with E-state index in [9.17, 15) is 9.90 Å². The summed E-state index contributed by atoms with van der Waals surface area (Å²) in [6, 6.07) is 2.03. The van der Waals surface area contributed by atoms with Gasteiger partial charge in [0.2, 0.25) is 0 Å². The molecule has 0 radical (unpaired) electrons. The lowest BCUT2D eigenvalue weighted by Gasteiger charge is -2.27. The van der Waals surface area contributed by atoms with Gasteiger partial charge in [-0.05, 0) is 45.2 Å². The fourth-order valence-electron chi connectivity index (χ4n) is 2.26. The van der Waals surface area contributed by atoms with Gasteiger partial charge < -0.3 is 10.0 Å². The third-order valence-electron chi connectivity index (χ3n) is 3.21. The quantitative estimate of drug-likeness (QED) is 0.837. The van der Waals surface area contributed by atoms with E-state index < -0.39 is 5.60 Å². The Labute approximate surface area is 126 Å². The van der Waals surface area contributed by atoms with Gasteiger partial charge in [-0.2, -0.15) is 0 Å². The maximum Gasteiger partial charge on any atom is 0.264 e. The second-order valence-corrected chi connectivity index (χ2v) is 6.93. The van der Waals surface area contributed by atoms with Crippen molar-refractivity contribution < 1.29 is 9.90 Å². The summed E-state index contributed by atoms with van der Waals surface area (Å²) < 4.78 is 0. The first-order valence-electron chi connectivity index (χ1n) is 7.45. The van der Waals surface area contributed by atoms with E-state index in [-0.39, 0.29) is 5.91 Å². The standard InChI is InChI=1S/C16H27NO2S/c1-6-9-13-12(7-2)10-14(20-13)15(18)17(8-3)11-16(4,5)19/h10,19H,6-9,11H2,1-5H3. The Bertz CT molecular complexity index is 446. The molecule has 1 heterocycles. The molecule has 0 unspecified atom stereocenters. The third-order valence-corrected chi connectivity index (χ3v) is 4.44. The first-order chi connectivity index (χ1) is 9.32. The van der Waals surface area contributed by atoms with Gasteiger partial charge in [-0.3, -0.25) is 4.79 Å². The smallest absolute Gasteiger partial charge is 0.264 e. The van der Waals surface area contributed by atoms with Gasteiger partial charge in [0.05, 0.1) is 10.5 Å². The highest BCUT2D eigenvalue weighted by Crippen LogP contribution is 2.26. The van der Waals surface area contributed by atoms with Crippen LogP contribution in [0.2, 0.25) is 0 Å². The number of amides is 1. The van der Waals surface area contributed by atoms with E-state index >= 15 is 0 Å². The molecule has 0 aliphatic rings. The van der Waals surface area contributed by atoms with E-state index in [0.29, 0.717) is 13.1 Å². The molecule has 1 amide bonds. The van der Waals surface area contributed by atoms with E-state index in [1.807, 2.05) is 13.0 Å². The average Bonchev–Trinajstić information content (AvgIpc) is 2.77. The van der Waals surface area contributed by atoms with Crippen molar-refractivity contribution in [2.75, 3.05) is 13.1 Å². The number of aryl methyl sites for hydroxylation is 2. The Morgan fingerprint density at radius 2 is 2.00 bits per heavy atom. The molecule has 0 aliphatic carbocycles. The summed E-state index contributed by atoms with van der Waals surface area (Å²) in [5, 5.41) is 9.91. The van der Waals surface area contributed by atoms with Gasteiger partial charge in [-0.15, -0.1) is 11.3 Å². The highest BCUT2D eigenvalue weighted by molar-refractivity contribution is 7.14. The normalized spacial score (nSPS) is 11.7. The zero-order valence-electron chi connectivity index (χ0n) is 13.3. The van der Waals surface area contributed by atoms with E-state index in [0.717, 1.165) is 24.1 Å². The minimum absolute atomic E-state index is 0.0386. The molecule has 0 aliphatic heterocycles. The zero-order chi connectivity index (χ0) is 15.3. The van der Waals surface area contributed by atoms with E-state index in [1.54, 1.807) is 30.1 Å². The van der Waals surface area contributed by atoms with Crippen LogP contribution < -0.4 is 0 Å². The van der Waals surface area contributed by atoms with Crippen LogP contribution in [0, 0.1) is 0 Å². The maximum atomic E-state index is 12.6. The van der Waals surface area contributed by atoms with E-state index in [4.69, 9.17) is 0 Å². The van der Waals surface area contributed by atoms with Crippen molar-refractivity contribution in [2.24, 2.45) is 0 Å². The Hall–Kier alpha value is -0.870. The molecule has 1 N–H and O–H groups in total. The van der Waals surface area contributed by atoms with Gasteiger partial charge in [-0.25, -0.2) is 0 Å². The van der Waals surface area contributed by atoms with Gasteiger partial charge >= 0.3 is 0 Å². The number of carbonyl (C=O) groups excluding carboxylic acids is 1. The van der Waals surface area contributed by atoms with Crippen LogP contribution in [0.1, 0.15) is 61.2 Å². The molecule has 1 rings (SSSR count). The first-order valence-corrected chi connectivity index (χ1v) is 8.27. The van der Waals surface area contributed by atoms with Crippen molar-refractivity contribution in [2.45, 2.75) is 59.5 Å². The average molecular weight is 297 g/mol. The SMILES string of the molecule is CCCc1sc(C(=O)N(CC)CC(C)(C)O)cc1CC. The lowest BCUT2D eigenvalue weighted by Crippen LogP contribution is -2.41. The number of aliphatic hydroxyl groups is 1. The second-order valence-electron chi connectivity index (χ2n) is 5.79. The second kappa shape index (κ2) is 7.23. The van der Waals surface area contributed by atoms with E-state index in [1.165, 1.54) is 10.4 Å². The Balaban J connectivity index is 2.95. The molecule has 0 saturated carbocycles. The number of carbonyl (C=O) groups is 1. The summed E-state index contributed by atoms with van der Waals surface area (Å²) >= 11 is 1.61. The number of nitrogens with zero attached hydrogens (tertiary/aromatic N) is 1. The molecule has 3 nitrogen and oxygen atoms in total. The maximum absolute atomic E-state index is 12.6. The van der Waals surface area contributed by atoms with Crippen LogP contribution in [0.4, 0.5) is 0 Å². The van der Waals surface area contributed by atoms with Gasteiger partial charge in [0, 0.05) is 18.0 Å². The molecule has 0 spiro atoms. The predicted octanol–water partition coefficient (Wildman–Crippen LogP) is 3.50. The molecule has 1 aromatic rings. The van der Waals surface area contributed by atoms with Crippen LogP contribution in [0.15, 0.2) is 6.07 Å². The van der Waals surface area contributed by atoms with Gasteiger partial charge in [0.25, 0.3) is 5.91 Å². The first kappa shape index (κ1) is 17.2. The van der Waals surface area contributed by atoms with Gasteiger partial charge in [0.1, 0.15) is 0 Å². The summed E-state index contributed by atoms with van der Waals surface area (Å²) in [6.45, 7) is 10.7. The molecule has 114 valence electrons. The molecule has 0 fully saturated rings. The molecule has 0 aromatic carbocycles. The van der Waals surface area contributed by atoms with Crippen LogP contribution in [0.3, 0.4) is 0 Å². The van der Waals surface area contributed by atoms with Crippen LogP contribution in [-0.2, 0) is 12.8 Å². The summed E-state index contributed by atoms with van der Waals surface area (Å²) in [5.74, 6) is 0.0386. The third kappa shape index (κ3) is 4.60. The lowest BCUT2D eigenvalue weighted by molar-refractivity contribution is 0.0317. The summed E-state index contributed by atoms with van der Waals surface area (Å²) in [7, 11) is 0. The van der Waals surface area contributed by atoms with Crippen LogP contribution in [0.5, 0.6) is 0 Å². The predicted molar refractivity (Wildman–Crippen MR) is 85.6 cm³/mol.